The number of anilines is 3. The van der Waals surface area contributed by atoms with Gasteiger partial charge >= 0.3 is 6.18 Å². The number of hydrogen-bond acceptors (Lipinski definition) is 4. The lowest BCUT2D eigenvalue weighted by Crippen LogP contribution is -2.34. The van der Waals surface area contributed by atoms with Crippen LogP contribution in [0.1, 0.15) is 42.3 Å². The molecular formula is C29H25ClF4N4O2. The van der Waals surface area contributed by atoms with E-state index in [0.29, 0.717) is 28.1 Å². The number of amides is 2. The number of aromatic nitrogens is 1. The number of carbonyl (C=O) groups excluding carboxylic acids is 2. The second-order valence-electron chi connectivity index (χ2n) is 10.1. The van der Waals surface area contributed by atoms with Crippen molar-refractivity contribution >= 4 is 51.4 Å². The topological polar surface area (TPSA) is 83.1 Å². The van der Waals surface area contributed by atoms with Gasteiger partial charge in [0.05, 0.1) is 21.8 Å². The highest BCUT2D eigenvalue weighted by atomic mass is 35.5. The zero-order valence-electron chi connectivity index (χ0n) is 21.7. The number of pyridine rings is 1. The van der Waals surface area contributed by atoms with E-state index in [-0.39, 0.29) is 34.5 Å². The van der Waals surface area contributed by atoms with E-state index in [4.69, 9.17) is 11.6 Å². The maximum absolute atomic E-state index is 14.4. The van der Waals surface area contributed by atoms with Crippen molar-refractivity contribution in [1.29, 1.82) is 0 Å². The van der Waals surface area contributed by atoms with Crippen molar-refractivity contribution in [2.24, 2.45) is 5.41 Å². The molecule has 4 aromatic rings. The SMILES string of the molecule is CC(C)(C)C(=O)NCc1ccc(Cl)c(C(=O)Nc2cccc3c(Nc4ccc(C(F)(F)F)cc4F)nccc23)c1. The van der Waals surface area contributed by atoms with Crippen LogP contribution in [0.2, 0.25) is 5.02 Å². The van der Waals surface area contributed by atoms with E-state index in [2.05, 4.69) is 20.9 Å². The zero-order valence-corrected chi connectivity index (χ0v) is 22.5. The number of fused-ring (bicyclic) bond motifs is 1. The van der Waals surface area contributed by atoms with Gasteiger partial charge in [-0.3, -0.25) is 9.59 Å². The Bertz CT molecular complexity index is 1600. The molecule has 2 amide bonds. The summed E-state index contributed by atoms with van der Waals surface area (Å²) in [4.78, 5) is 29.6. The monoisotopic (exact) mass is 572 g/mol. The summed E-state index contributed by atoms with van der Waals surface area (Å²) >= 11 is 6.31. The van der Waals surface area contributed by atoms with Gasteiger partial charge in [-0.2, -0.15) is 13.2 Å². The standard InChI is InChI=1S/C29H25ClF4N4O2/c1-28(2,3)27(40)36-15-16-7-9-21(30)20(13-16)26(39)38-23-6-4-5-19-18(23)11-12-35-25(19)37-24-10-8-17(14-22(24)31)29(32,33)34/h4-14H,15H2,1-3H3,(H,35,37)(H,36,40)(H,38,39). The molecule has 0 fully saturated rings. The lowest BCUT2D eigenvalue weighted by atomic mass is 9.95. The van der Waals surface area contributed by atoms with Crippen molar-refractivity contribution < 1.29 is 27.2 Å². The van der Waals surface area contributed by atoms with Crippen LogP contribution in [0, 0.1) is 11.2 Å². The predicted molar refractivity (Wildman–Crippen MR) is 147 cm³/mol. The molecule has 3 aromatic carbocycles. The molecule has 4 rings (SSSR count). The van der Waals surface area contributed by atoms with Crippen molar-refractivity contribution in [3.63, 3.8) is 0 Å². The van der Waals surface area contributed by atoms with Crippen LogP contribution < -0.4 is 16.0 Å². The Kier molecular flexibility index (Phi) is 8.02. The van der Waals surface area contributed by atoms with Crippen molar-refractivity contribution in [3.8, 4) is 0 Å². The minimum atomic E-state index is -4.67. The summed E-state index contributed by atoms with van der Waals surface area (Å²) in [6.07, 6.45) is -3.25. The number of benzene rings is 3. The molecule has 40 heavy (non-hydrogen) atoms. The Labute approximate surface area is 232 Å². The van der Waals surface area contributed by atoms with Crippen LogP contribution in [0.4, 0.5) is 34.8 Å². The van der Waals surface area contributed by atoms with Crippen molar-refractivity contribution in [1.82, 2.24) is 10.3 Å². The van der Waals surface area contributed by atoms with E-state index < -0.39 is 28.9 Å². The number of carbonyl (C=O) groups is 2. The lowest BCUT2D eigenvalue weighted by molar-refractivity contribution is -0.137. The number of rotatable bonds is 6. The fourth-order valence-corrected chi connectivity index (χ4v) is 4.03. The molecule has 0 saturated carbocycles. The lowest BCUT2D eigenvalue weighted by Gasteiger charge is -2.18. The Balaban J connectivity index is 1.58. The molecule has 6 nitrogen and oxygen atoms in total. The van der Waals surface area contributed by atoms with Gasteiger partial charge in [0.1, 0.15) is 11.6 Å². The van der Waals surface area contributed by atoms with Crippen LogP contribution in [0.15, 0.2) is 66.9 Å². The van der Waals surface area contributed by atoms with Gasteiger partial charge in [0.2, 0.25) is 5.91 Å². The Morgan fingerprint density at radius 3 is 2.35 bits per heavy atom. The van der Waals surface area contributed by atoms with Crippen LogP contribution >= 0.6 is 11.6 Å². The first-order chi connectivity index (χ1) is 18.7. The first kappa shape index (κ1) is 28.8. The molecule has 0 aliphatic heterocycles. The summed E-state index contributed by atoms with van der Waals surface area (Å²) in [5.41, 5.74) is -0.583. The summed E-state index contributed by atoms with van der Waals surface area (Å²) in [5, 5.41) is 9.63. The molecule has 0 atom stereocenters. The highest BCUT2D eigenvalue weighted by Crippen LogP contribution is 2.34. The van der Waals surface area contributed by atoms with Crippen molar-refractivity contribution in [2.45, 2.75) is 33.5 Å². The van der Waals surface area contributed by atoms with Gasteiger partial charge in [-0.05, 0) is 48.0 Å². The van der Waals surface area contributed by atoms with E-state index in [1.54, 1.807) is 63.2 Å². The minimum Gasteiger partial charge on any atom is -0.352 e. The molecule has 1 aromatic heterocycles. The van der Waals surface area contributed by atoms with Gasteiger partial charge in [-0.15, -0.1) is 0 Å². The predicted octanol–water partition coefficient (Wildman–Crippen LogP) is 7.70. The van der Waals surface area contributed by atoms with E-state index in [1.807, 2.05) is 0 Å². The molecule has 1 heterocycles. The maximum atomic E-state index is 14.4. The van der Waals surface area contributed by atoms with E-state index >= 15 is 0 Å². The number of nitrogens with one attached hydrogen (secondary N) is 3. The van der Waals surface area contributed by atoms with E-state index in [0.717, 1.165) is 12.1 Å². The van der Waals surface area contributed by atoms with Crippen molar-refractivity contribution in [2.75, 3.05) is 10.6 Å². The van der Waals surface area contributed by atoms with Crippen LogP contribution in [0.25, 0.3) is 10.8 Å². The molecule has 11 heteroatoms. The van der Waals surface area contributed by atoms with Gasteiger partial charge in [-0.1, -0.05) is 50.6 Å². The summed E-state index contributed by atoms with van der Waals surface area (Å²) in [6, 6.07) is 13.7. The molecule has 0 aliphatic rings. The Hall–Kier alpha value is -4.18. The highest BCUT2D eigenvalue weighted by molar-refractivity contribution is 6.34. The average Bonchev–Trinajstić information content (AvgIpc) is 2.88. The summed E-state index contributed by atoms with van der Waals surface area (Å²) in [5.74, 6) is -1.55. The van der Waals surface area contributed by atoms with Crippen LogP contribution in [-0.4, -0.2) is 16.8 Å². The summed E-state index contributed by atoms with van der Waals surface area (Å²) < 4.78 is 53.2. The summed E-state index contributed by atoms with van der Waals surface area (Å²) in [6.45, 7) is 5.60. The smallest absolute Gasteiger partial charge is 0.352 e. The second-order valence-corrected chi connectivity index (χ2v) is 10.5. The number of nitrogens with zero attached hydrogens (tertiary/aromatic N) is 1. The van der Waals surface area contributed by atoms with Gasteiger partial charge in [0.15, 0.2) is 0 Å². The molecule has 0 spiro atoms. The van der Waals surface area contributed by atoms with Crippen LogP contribution in [0.3, 0.4) is 0 Å². The Morgan fingerprint density at radius 2 is 1.68 bits per heavy atom. The molecule has 0 bridgehead atoms. The molecular weight excluding hydrogens is 548 g/mol. The largest absolute Gasteiger partial charge is 0.416 e. The van der Waals surface area contributed by atoms with E-state index in [9.17, 15) is 27.2 Å². The third kappa shape index (κ3) is 6.51. The molecule has 3 N–H and O–H groups in total. The minimum absolute atomic E-state index is 0.140. The normalized spacial score (nSPS) is 11.8. The van der Waals surface area contributed by atoms with E-state index in [1.165, 1.54) is 6.20 Å². The first-order valence-electron chi connectivity index (χ1n) is 12.1. The molecule has 0 radical (unpaired) electrons. The number of hydrogen-bond donors (Lipinski definition) is 3. The quantitative estimate of drug-likeness (QED) is 0.207. The van der Waals surface area contributed by atoms with Gasteiger partial charge < -0.3 is 16.0 Å². The second kappa shape index (κ2) is 11.1. The van der Waals surface area contributed by atoms with Crippen LogP contribution in [0.5, 0.6) is 0 Å². The molecule has 208 valence electrons. The fourth-order valence-electron chi connectivity index (χ4n) is 3.83. The molecule has 0 aliphatic carbocycles. The van der Waals surface area contributed by atoms with Gasteiger partial charge in [-0.25, -0.2) is 9.37 Å². The summed E-state index contributed by atoms with van der Waals surface area (Å²) in [7, 11) is 0. The van der Waals surface area contributed by atoms with Crippen LogP contribution in [-0.2, 0) is 17.5 Å². The molecule has 0 saturated heterocycles. The Morgan fingerprint density at radius 1 is 0.925 bits per heavy atom. The van der Waals surface area contributed by atoms with Gasteiger partial charge in [0.25, 0.3) is 5.91 Å². The first-order valence-corrected chi connectivity index (χ1v) is 12.5. The number of alkyl halides is 3. The van der Waals surface area contributed by atoms with Gasteiger partial charge in [0, 0.05) is 34.6 Å². The third-order valence-electron chi connectivity index (χ3n) is 6.01. The fraction of sp³-hybridized carbons (Fsp3) is 0.207. The third-order valence-corrected chi connectivity index (χ3v) is 6.34. The van der Waals surface area contributed by atoms with Crippen molar-refractivity contribution in [3.05, 3.63) is 94.4 Å². The maximum Gasteiger partial charge on any atom is 0.416 e. The highest BCUT2D eigenvalue weighted by Gasteiger charge is 2.31. The average molecular weight is 573 g/mol. The molecule has 0 unspecified atom stereocenters. The number of halogens is 5. The zero-order chi connectivity index (χ0) is 29.2.